The van der Waals surface area contributed by atoms with E-state index < -0.39 is 6.10 Å². The maximum atomic E-state index is 10.5. The number of hydrogen-bond acceptors (Lipinski definition) is 5. The SMILES string of the molecule is Cc1nc(-c2ccccn2)nc(N[C@H]2c3ccccc3C[C@H]2O)c1C. The Labute approximate surface area is 146 Å². The maximum absolute atomic E-state index is 10.5. The standard InChI is InChI=1S/C20H20N4O/c1-12-13(2)22-20(16-9-5-6-10-21-16)24-19(12)23-18-15-8-4-3-7-14(15)11-17(18)25/h3-10,17-18,25H,11H2,1-2H3,(H,22,23,24)/t17-,18+/m1/s1. The molecule has 0 amide bonds. The van der Waals surface area contributed by atoms with Crippen molar-refractivity contribution in [3.63, 3.8) is 0 Å². The zero-order valence-electron chi connectivity index (χ0n) is 14.3. The molecule has 25 heavy (non-hydrogen) atoms. The minimum absolute atomic E-state index is 0.166. The Morgan fingerprint density at radius 1 is 1.04 bits per heavy atom. The van der Waals surface area contributed by atoms with Crippen molar-refractivity contribution in [3.8, 4) is 11.5 Å². The molecule has 0 radical (unpaired) electrons. The van der Waals surface area contributed by atoms with Gasteiger partial charge in [0.2, 0.25) is 0 Å². The molecule has 2 atom stereocenters. The van der Waals surface area contributed by atoms with Gasteiger partial charge in [0.25, 0.3) is 0 Å². The Kier molecular flexibility index (Phi) is 3.93. The van der Waals surface area contributed by atoms with Crippen molar-refractivity contribution in [1.29, 1.82) is 0 Å². The van der Waals surface area contributed by atoms with E-state index >= 15 is 0 Å². The minimum Gasteiger partial charge on any atom is -0.390 e. The number of fused-ring (bicyclic) bond motifs is 1. The van der Waals surface area contributed by atoms with Gasteiger partial charge in [-0.05, 0) is 37.1 Å². The lowest BCUT2D eigenvalue weighted by Crippen LogP contribution is -2.22. The first-order valence-corrected chi connectivity index (χ1v) is 8.42. The van der Waals surface area contributed by atoms with Crippen LogP contribution in [0, 0.1) is 13.8 Å². The highest BCUT2D eigenvalue weighted by molar-refractivity contribution is 5.57. The maximum Gasteiger partial charge on any atom is 0.180 e. The molecular weight excluding hydrogens is 312 g/mol. The molecule has 1 aromatic carbocycles. The summed E-state index contributed by atoms with van der Waals surface area (Å²) in [5, 5.41) is 13.9. The summed E-state index contributed by atoms with van der Waals surface area (Å²) in [4.78, 5) is 13.6. The largest absolute Gasteiger partial charge is 0.390 e. The first-order valence-electron chi connectivity index (χ1n) is 8.42. The Hall–Kier alpha value is -2.79. The molecule has 2 heterocycles. The molecule has 0 bridgehead atoms. The molecule has 3 aromatic rings. The van der Waals surface area contributed by atoms with Crippen LogP contribution in [-0.2, 0) is 6.42 Å². The first-order chi connectivity index (χ1) is 12.1. The van der Waals surface area contributed by atoms with Crippen LogP contribution in [0.1, 0.15) is 28.4 Å². The Morgan fingerprint density at radius 2 is 1.84 bits per heavy atom. The molecule has 0 unspecified atom stereocenters. The molecule has 1 aliphatic rings. The van der Waals surface area contributed by atoms with Crippen molar-refractivity contribution in [2.75, 3.05) is 5.32 Å². The summed E-state index contributed by atoms with van der Waals surface area (Å²) in [6.07, 6.45) is 1.92. The fourth-order valence-corrected chi connectivity index (χ4v) is 3.27. The predicted molar refractivity (Wildman–Crippen MR) is 97.3 cm³/mol. The van der Waals surface area contributed by atoms with E-state index in [1.807, 2.05) is 44.2 Å². The number of pyridine rings is 1. The summed E-state index contributed by atoms with van der Waals surface area (Å²) in [6.45, 7) is 3.96. The topological polar surface area (TPSA) is 70.9 Å². The van der Waals surface area contributed by atoms with Crippen molar-refractivity contribution in [2.24, 2.45) is 0 Å². The lowest BCUT2D eigenvalue weighted by atomic mass is 10.1. The molecule has 4 rings (SSSR count). The second-order valence-corrected chi connectivity index (χ2v) is 6.41. The van der Waals surface area contributed by atoms with Crippen LogP contribution >= 0.6 is 0 Å². The van der Waals surface area contributed by atoms with Crippen LogP contribution < -0.4 is 5.32 Å². The van der Waals surface area contributed by atoms with Gasteiger partial charge in [0.15, 0.2) is 5.82 Å². The Balaban J connectivity index is 1.72. The van der Waals surface area contributed by atoms with Gasteiger partial charge < -0.3 is 10.4 Å². The number of anilines is 1. The molecule has 2 N–H and O–H groups in total. The summed E-state index contributed by atoms with van der Waals surface area (Å²) >= 11 is 0. The quantitative estimate of drug-likeness (QED) is 0.770. The normalized spacial score (nSPS) is 18.8. The summed E-state index contributed by atoms with van der Waals surface area (Å²) in [5.74, 6) is 1.33. The number of nitrogens with zero attached hydrogens (tertiary/aromatic N) is 3. The molecule has 0 spiro atoms. The molecule has 5 nitrogen and oxygen atoms in total. The number of aromatic nitrogens is 3. The second-order valence-electron chi connectivity index (χ2n) is 6.41. The van der Waals surface area contributed by atoms with Gasteiger partial charge in [-0.25, -0.2) is 9.97 Å². The predicted octanol–water partition coefficient (Wildman–Crippen LogP) is 3.23. The zero-order chi connectivity index (χ0) is 17.4. The van der Waals surface area contributed by atoms with Crippen LogP contribution in [0.2, 0.25) is 0 Å². The highest BCUT2D eigenvalue weighted by Gasteiger charge is 2.31. The molecule has 0 aliphatic heterocycles. The van der Waals surface area contributed by atoms with Crippen molar-refractivity contribution in [1.82, 2.24) is 15.0 Å². The monoisotopic (exact) mass is 332 g/mol. The summed E-state index contributed by atoms with van der Waals surface area (Å²) in [5.41, 5.74) is 4.93. The number of rotatable bonds is 3. The van der Waals surface area contributed by atoms with E-state index in [0.717, 1.165) is 28.3 Å². The van der Waals surface area contributed by atoms with Crippen molar-refractivity contribution in [2.45, 2.75) is 32.4 Å². The van der Waals surface area contributed by atoms with Crippen molar-refractivity contribution < 1.29 is 5.11 Å². The number of benzene rings is 1. The van der Waals surface area contributed by atoms with Gasteiger partial charge in [-0.2, -0.15) is 0 Å². The van der Waals surface area contributed by atoms with Crippen molar-refractivity contribution >= 4 is 5.82 Å². The third-order valence-corrected chi connectivity index (χ3v) is 4.78. The molecule has 2 aromatic heterocycles. The zero-order valence-corrected chi connectivity index (χ0v) is 14.3. The average molecular weight is 332 g/mol. The minimum atomic E-state index is -0.467. The van der Waals surface area contributed by atoms with Crippen LogP contribution in [0.15, 0.2) is 48.7 Å². The van der Waals surface area contributed by atoms with Crippen LogP contribution in [0.25, 0.3) is 11.5 Å². The Morgan fingerprint density at radius 3 is 2.64 bits per heavy atom. The lowest BCUT2D eigenvalue weighted by molar-refractivity contribution is 0.165. The molecule has 1 aliphatic carbocycles. The van der Waals surface area contributed by atoms with Gasteiger partial charge >= 0.3 is 0 Å². The first kappa shape index (κ1) is 15.7. The van der Waals surface area contributed by atoms with E-state index in [0.29, 0.717) is 12.2 Å². The molecular formula is C20H20N4O. The highest BCUT2D eigenvalue weighted by Crippen LogP contribution is 2.34. The molecule has 0 saturated carbocycles. The molecule has 5 heteroatoms. The smallest absolute Gasteiger partial charge is 0.180 e. The van der Waals surface area contributed by atoms with Crippen LogP contribution in [-0.4, -0.2) is 26.2 Å². The van der Waals surface area contributed by atoms with Crippen molar-refractivity contribution in [3.05, 3.63) is 71.0 Å². The third kappa shape index (κ3) is 2.87. The number of aliphatic hydroxyl groups is 1. The molecule has 0 fully saturated rings. The van der Waals surface area contributed by atoms with Gasteiger partial charge in [0, 0.05) is 23.9 Å². The fourth-order valence-electron chi connectivity index (χ4n) is 3.27. The summed E-state index contributed by atoms with van der Waals surface area (Å²) < 4.78 is 0. The second kappa shape index (κ2) is 6.26. The Bertz CT molecular complexity index is 911. The van der Waals surface area contributed by atoms with E-state index in [4.69, 9.17) is 0 Å². The van der Waals surface area contributed by atoms with Gasteiger partial charge in [-0.1, -0.05) is 30.3 Å². The van der Waals surface area contributed by atoms with E-state index in [2.05, 4.69) is 32.4 Å². The number of aliphatic hydroxyl groups excluding tert-OH is 1. The van der Waals surface area contributed by atoms with Crippen LogP contribution in [0.3, 0.4) is 0 Å². The molecule has 126 valence electrons. The third-order valence-electron chi connectivity index (χ3n) is 4.78. The van der Waals surface area contributed by atoms with Gasteiger partial charge in [0.1, 0.15) is 11.5 Å². The summed E-state index contributed by atoms with van der Waals surface area (Å²) in [6, 6.07) is 13.7. The van der Waals surface area contributed by atoms with E-state index in [1.54, 1.807) is 6.20 Å². The molecule has 0 saturated heterocycles. The average Bonchev–Trinajstić information content (AvgIpc) is 2.95. The van der Waals surface area contributed by atoms with Crippen LogP contribution in [0.5, 0.6) is 0 Å². The van der Waals surface area contributed by atoms with Crippen LogP contribution in [0.4, 0.5) is 5.82 Å². The number of aryl methyl sites for hydroxylation is 1. The van der Waals surface area contributed by atoms with Gasteiger partial charge in [0.05, 0.1) is 12.1 Å². The highest BCUT2D eigenvalue weighted by atomic mass is 16.3. The number of nitrogens with one attached hydrogen (secondary N) is 1. The fraction of sp³-hybridized carbons (Fsp3) is 0.250. The lowest BCUT2D eigenvalue weighted by Gasteiger charge is -2.21. The van der Waals surface area contributed by atoms with E-state index in [1.165, 1.54) is 5.56 Å². The summed E-state index contributed by atoms with van der Waals surface area (Å²) in [7, 11) is 0. The van der Waals surface area contributed by atoms with E-state index in [9.17, 15) is 5.11 Å². The van der Waals surface area contributed by atoms with Gasteiger partial charge in [-0.3, -0.25) is 4.98 Å². The number of hydrogen-bond donors (Lipinski definition) is 2. The van der Waals surface area contributed by atoms with E-state index in [-0.39, 0.29) is 6.04 Å². The van der Waals surface area contributed by atoms with Gasteiger partial charge in [-0.15, -0.1) is 0 Å².